The molecule has 2 rings (SSSR count). The van der Waals surface area contributed by atoms with Crippen LogP contribution < -0.4 is 10.6 Å². The second-order valence-corrected chi connectivity index (χ2v) is 8.32. The number of nitrogens with zero attached hydrogens (tertiary/aromatic N) is 2. The summed E-state index contributed by atoms with van der Waals surface area (Å²) in [7, 11) is -4.17. The van der Waals surface area contributed by atoms with Crippen molar-refractivity contribution in [3.63, 3.8) is 0 Å². The molecule has 156 valence electrons. The van der Waals surface area contributed by atoms with E-state index in [4.69, 9.17) is 0 Å². The smallest absolute Gasteiger partial charge is 0.321 e. The highest BCUT2D eigenvalue weighted by Crippen LogP contribution is 2.21. The van der Waals surface area contributed by atoms with Gasteiger partial charge < -0.3 is 5.32 Å². The standard InChI is InChI=1S/C17H24F2N4O4S/c1-2-3-6-20-17(25)21-16(24)12-22-7-9-23(10-8-22)28(26,27)15-11-13(18)4-5-14(15)19/h4-5,11H,2-3,6-10,12H2,1H3,(H2,20,21,24,25). The average Bonchev–Trinajstić information content (AvgIpc) is 2.64. The number of amides is 3. The Balaban J connectivity index is 1.86. The monoisotopic (exact) mass is 418 g/mol. The number of unbranched alkanes of at least 4 members (excludes halogenated alkanes) is 1. The van der Waals surface area contributed by atoms with Crippen molar-refractivity contribution in [2.24, 2.45) is 0 Å². The molecule has 1 saturated heterocycles. The molecular weight excluding hydrogens is 394 g/mol. The Kier molecular flexibility index (Phi) is 7.84. The summed E-state index contributed by atoms with van der Waals surface area (Å²) in [4.78, 5) is 24.4. The molecule has 0 unspecified atom stereocenters. The maximum Gasteiger partial charge on any atom is 0.321 e. The highest BCUT2D eigenvalue weighted by molar-refractivity contribution is 7.89. The number of rotatable bonds is 7. The number of carbonyl (C=O) groups excluding carboxylic acids is 2. The minimum absolute atomic E-state index is 0.0221. The molecule has 1 aliphatic rings. The lowest BCUT2D eigenvalue weighted by Crippen LogP contribution is -2.52. The van der Waals surface area contributed by atoms with Crippen LogP contribution in [-0.2, 0) is 14.8 Å². The van der Waals surface area contributed by atoms with E-state index in [1.165, 1.54) is 0 Å². The van der Waals surface area contributed by atoms with Crippen molar-refractivity contribution in [3.05, 3.63) is 29.8 Å². The van der Waals surface area contributed by atoms with Gasteiger partial charge in [-0.05, 0) is 24.6 Å². The Bertz CT molecular complexity index is 811. The Morgan fingerprint density at radius 1 is 1.14 bits per heavy atom. The number of halogens is 2. The van der Waals surface area contributed by atoms with Crippen LogP contribution >= 0.6 is 0 Å². The van der Waals surface area contributed by atoms with E-state index in [0.29, 0.717) is 12.6 Å². The van der Waals surface area contributed by atoms with E-state index >= 15 is 0 Å². The number of benzene rings is 1. The molecular formula is C17H24F2N4O4S. The summed E-state index contributed by atoms with van der Waals surface area (Å²) in [6.45, 7) is 2.88. The van der Waals surface area contributed by atoms with Crippen molar-refractivity contribution in [2.45, 2.75) is 24.7 Å². The molecule has 2 N–H and O–H groups in total. The van der Waals surface area contributed by atoms with Crippen LogP contribution in [0.5, 0.6) is 0 Å². The number of nitrogens with one attached hydrogen (secondary N) is 2. The lowest BCUT2D eigenvalue weighted by molar-refractivity contribution is -0.121. The molecule has 28 heavy (non-hydrogen) atoms. The first kappa shape index (κ1) is 22.2. The van der Waals surface area contributed by atoms with Gasteiger partial charge in [-0.25, -0.2) is 22.0 Å². The molecule has 0 aliphatic carbocycles. The lowest BCUT2D eigenvalue weighted by atomic mass is 10.3. The first-order valence-corrected chi connectivity index (χ1v) is 10.4. The van der Waals surface area contributed by atoms with E-state index in [-0.39, 0.29) is 32.7 Å². The molecule has 0 atom stereocenters. The summed E-state index contributed by atoms with van der Waals surface area (Å²) in [6, 6.07) is 1.71. The van der Waals surface area contributed by atoms with E-state index in [9.17, 15) is 26.8 Å². The van der Waals surface area contributed by atoms with Crippen LogP contribution in [0.2, 0.25) is 0 Å². The zero-order valence-electron chi connectivity index (χ0n) is 15.6. The number of hydrogen-bond donors (Lipinski definition) is 2. The molecule has 0 spiro atoms. The predicted molar refractivity (Wildman–Crippen MR) is 98.0 cm³/mol. The normalized spacial score (nSPS) is 16.0. The highest BCUT2D eigenvalue weighted by Gasteiger charge is 2.31. The number of urea groups is 1. The van der Waals surface area contributed by atoms with E-state index in [0.717, 1.165) is 29.3 Å². The first-order valence-electron chi connectivity index (χ1n) is 8.99. The minimum atomic E-state index is -4.17. The molecule has 1 aromatic carbocycles. The van der Waals surface area contributed by atoms with Gasteiger partial charge in [0.15, 0.2) is 0 Å². The van der Waals surface area contributed by atoms with Crippen molar-refractivity contribution in [1.82, 2.24) is 19.8 Å². The molecule has 1 aliphatic heterocycles. The van der Waals surface area contributed by atoms with Crippen LogP contribution in [0.15, 0.2) is 23.1 Å². The Morgan fingerprint density at radius 3 is 2.46 bits per heavy atom. The largest absolute Gasteiger partial charge is 0.338 e. The van der Waals surface area contributed by atoms with E-state index in [1.54, 1.807) is 4.90 Å². The average molecular weight is 418 g/mol. The zero-order chi connectivity index (χ0) is 20.7. The van der Waals surface area contributed by atoms with Crippen LogP contribution in [0.4, 0.5) is 13.6 Å². The van der Waals surface area contributed by atoms with Crippen LogP contribution in [0, 0.1) is 11.6 Å². The predicted octanol–water partition coefficient (Wildman–Crippen LogP) is 0.897. The quantitative estimate of drug-likeness (QED) is 0.641. The summed E-state index contributed by atoms with van der Waals surface area (Å²) >= 11 is 0. The molecule has 0 saturated carbocycles. The third kappa shape index (κ3) is 5.94. The van der Waals surface area contributed by atoms with Crippen LogP contribution in [0.1, 0.15) is 19.8 Å². The fourth-order valence-electron chi connectivity index (χ4n) is 2.73. The number of imide groups is 1. The van der Waals surface area contributed by atoms with Gasteiger partial charge in [0.1, 0.15) is 16.5 Å². The zero-order valence-corrected chi connectivity index (χ0v) is 16.4. The molecule has 1 heterocycles. The molecule has 1 aromatic rings. The molecule has 0 aromatic heterocycles. The van der Waals surface area contributed by atoms with Crippen molar-refractivity contribution in [3.8, 4) is 0 Å². The van der Waals surface area contributed by atoms with Crippen molar-refractivity contribution in [1.29, 1.82) is 0 Å². The van der Waals surface area contributed by atoms with Gasteiger partial charge in [-0.2, -0.15) is 4.31 Å². The molecule has 3 amide bonds. The Labute approximate surface area is 162 Å². The SMILES string of the molecule is CCCCNC(=O)NC(=O)CN1CCN(S(=O)(=O)c2cc(F)ccc2F)CC1. The van der Waals surface area contributed by atoms with Gasteiger partial charge in [0.05, 0.1) is 6.54 Å². The molecule has 0 bridgehead atoms. The summed E-state index contributed by atoms with van der Waals surface area (Å²) in [5.74, 6) is -2.36. The number of sulfonamides is 1. The van der Waals surface area contributed by atoms with Crippen LogP contribution in [0.25, 0.3) is 0 Å². The summed E-state index contributed by atoms with van der Waals surface area (Å²) in [5.41, 5.74) is 0. The van der Waals surface area contributed by atoms with Crippen LogP contribution in [-0.4, -0.2) is 68.8 Å². The summed E-state index contributed by atoms with van der Waals surface area (Å²) in [5, 5.41) is 4.78. The topological polar surface area (TPSA) is 98.8 Å². The van der Waals surface area contributed by atoms with Crippen molar-refractivity contribution < 1.29 is 26.8 Å². The highest BCUT2D eigenvalue weighted by atomic mass is 32.2. The first-order chi connectivity index (χ1) is 13.2. The van der Waals surface area contributed by atoms with E-state index in [2.05, 4.69) is 10.6 Å². The molecule has 8 nitrogen and oxygen atoms in total. The molecule has 11 heteroatoms. The molecule has 0 radical (unpaired) electrons. The van der Waals surface area contributed by atoms with Gasteiger partial charge in [-0.1, -0.05) is 13.3 Å². The Morgan fingerprint density at radius 2 is 1.82 bits per heavy atom. The maximum absolute atomic E-state index is 13.8. The van der Waals surface area contributed by atoms with Gasteiger partial charge in [-0.3, -0.25) is 15.0 Å². The third-order valence-electron chi connectivity index (χ3n) is 4.28. The minimum Gasteiger partial charge on any atom is -0.338 e. The second kappa shape index (κ2) is 9.89. The van der Waals surface area contributed by atoms with E-state index < -0.39 is 38.5 Å². The van der Waals surface area contributed by atoms with Gasteiger partial charge in [-0.15, -0.1) is 0 Å². The van der Waals surface area contributed by atoms with Gasteiger partial charge in [0, 0.05) is 32.7 Å². The number of carbonyl (C=O) groups is 2. The fourth-order valence-corrected chi connectivity index (χ4v) is 4.23. The van der Waals surface area contributed by atoms with Crippen molar-refractivity contribution in [2.75, 3.05) is 39.3 Å². The lowest BCUT2D eigenvalue weighted by Gasteiger charge is -2.33. The van der Waals surface area contributed by atoms with Gasteiger partial charge >= 0.3 is 6.03 Å². The van der Waals surface area contributed by atoms with Gasteiger partial charge in [0.25, 0.3) is 0 Å². The maximum atomic E-state index is 13.8. The summed E-state index contributed by atoms with van der Waals surface area (Å²) in [6.07, 6.45) is 1.73. The second-order valence-electron chi connectivity index (χ2n) is 6.41. The van der Waals surface area contributed by atoms with Gasteiger partial charge in [0.2, 0.25) is 15.9 Å². The molecule has 1 fully saturated rings. The summed E-state index contributed by atoms with van der Waals surface area (Å²) < 4.78 is 53.3. The Hall–Kier alpha value is -2.11. The van der Waals surface area contributed by atoms with E-state index in [1.807, 2.05) is 6.92 Å². The fraction of sp³-hybridized carbons (Fsp3) is 0.529. The number of piperazine rings is 1. The number of hydrogen-bond acceptors (Lipinski definition) is 5. The van der Waals surface area contributed by atoms with Crippen LogP contribution in [0.3, 0.4) is 0 Å². The van der Waals surface area contributed by atoms with Crippen molar-refractivity contribution >= 4 is 22.0 Å². The third-order valence-corrected chi connectivity index (χ3v) is 6.19.